The van der Waals surface area contributed by atoms with Gasteiger partial charge in [0.2, 0.25) is 11.8 Å². The van der Waals surface area contributed by atoms with Gasteiger partial charge in [-0.3, -0.25) is 9.59 Å². The van der Waals surface area contributed by atoms with Crippen LogP contribution in [0.4, 0.5) is 0 Å². The van der Waals surface area contributed by atoms with E-state index in [2.05, 4.69) is 10.6 Å². The molecule has 0 saturated heterocycles. The topological polar surface area (TPSA) is 84.2 Å². The van der Waals surface area contributed by atoms with Crippen LogP contribution in [0.5, 0.6) is 0 Å². The molecule has 0 aromatic heterocycles. The third kappa shape index (κ3) is 4.65. The van der Waals surface area contributed by atoms with Crippen molar-refractivity contribution in [1.82, 2.24) is 10.6 Å². The van der Waals surface area contributed by atoms with Gasteiger partial charge in [-0.1, -0.05) is 30.3 Å². The Kier molecular flexibility index (Phi) is 5.16. The van der Waals surface area contributed by atoms with E-state index < -0.39 is 6.04 Å². The number of amides is 2. The molecule has 0 fully saturated rings. The van der Waals surface area contributed by atoms with Gasteiger partial charge in [0.15, 0.2) is 0 Å². The average molecular weight is 235 g/mol. The van der Waals surface area contributed by atoms with Gasteiger partial charge in [0.25, 0.3) is 0 Å². The minimum Gasteiger partial charge on any atom is -0.358 e. The third-order valence-electron chi connectivity index (χ3n) is 2.34. The molecule has 1 atom stereocenters. The van der Waals surface area contributed by atoms with Gasteiger partial charge in [-0.05, 0) is 12.0 Å². The van der Waals surface area contributed by atoms with Crippen molar-refractivity contribution in [3.63, 3.8) is 0 Å². The Labute approximate surface area is 100 Å². The number of rotatable bonds is 5. The fourth-order valence-corrected chi connectivity index (χ4v) is 1.35. The molecule has 5 nitrogen and oxygen atoms in total. The number of hydrogen-bond acceptors (Lipinski definition) is 3. The molecular formula is C12H17N3O2. The number of benzene rings is 1. The Balaban J connectivity index is 2.40. The van der Waals surface area contributed by atoms with Crippen molar-refractivity contribution in [3.8, 4) is 0 Å². The van der Waals surface area contributed by atoms with Crippen LogP contribution in [-0.2, 0) is 16.0 Å². The quantitative estimate of drug-likeness (QED) is 0.638. The summed E-state index contributed by atoms with van der Waals surface area (Å²) in [5, 5.41) is 4.89. The highest BCUT2D eigenvalue weighted by Crippen LogP contribution is 2.01. The average Bonchev–Trinajstić information content (AvgIpc) is 2.36. The van der Waals surface area contributed by atoms with E-state index in [9.17, 15) is 9.59 Å². The van der Waals surface area contributed by atoms with E-state index in [0.29, 0.717) is 6.42 Å². The van der Waals surface area contributed by atoms with Gasteiger partial charge in [-0.15, -0.1) is 0 Å². The van der Waals surface area contributed by atoms with Crippen LogP contribution in [0.25, 0.3) is 0 Å². The second-order valence-corrected chi connectivity index (χ2v) is 3.69. The fourth-order valence-electron chi connectivity index (χ4n) is 1.35. The first-order valence-electron chi connectivity index (χ1n) is 5.41. The van der Waals surface area contributed by atoms with E-state index in [1.807, 2.05) is 30.3 Å². The molecule has 92 valence electrons. The normalized spacial score (nSPS) is 11.6. The molecule has 0 aliphatic rings. The predicted molar refractivity (Wildman–Crippen MR) is 65.2 cm³/mol. The lowest BCUT2D eigenvalue weighted by Gasteiger charge is -2.11. The van der Waals surface area contributed by atoms with Gasteiger partial charge < -0.3 is 16.4 Å². The van der Waals surface area contributed by atoms with Crippen LogP contribution in [0.1, 0.15) is 5.56 Å². The number of carbonyl (C=O) groups excluding carboxylic acids is 2. The van der Waals surface area contributed by atoms with E-state index in [4.69, 9.17) is 5.73 Å². The molecule has 2 amide bonds. The molecule has 0 radical (unpaired) electrons. The summed E-state index contributed by atoms with van der Waals surface area (Å²) in [4.78, 5) is 22.5. The summed E-state index contributed by atoms with van der Waals surface area (Å²) in [6.07, 6.45) is 0.459. The van der Waals surface area contributed by atoms with E-state index in [1.165, 1.54) is 7.05 Å². The first-order valence-corrected chi connectivity index (χ1v) is 5.41. The van der Waals surface area contributed by atoms with E-state index >= 15 is 0 Å². The largest absolute Gasteiger partial charge is 0.358 e. The lowest BCUT2D eigenvalue weighted by molar-refractivity contribution is -0.126. The van der Waals surface area contributed by atoms with Crippen molar-refractivity contribution < 1.29 is 9.59 Å². The number of likely N-dealkylation sites (N-methyl/N-ethyl adjacent to an activating group) is 1. The standard InChI is InChI=1S/C12H17N3O2/c1-14-11(16)8-15-12(17)10(13)7-9-5-3-2-4-6-9/h2-6,10H,7-8,13H2,1H3,(H,14,16)(H,15,17)/t10-/m0/s1. The maximum atomic E-state index is 11.6. The first-order chi connectivity index (χ1) is 8.13. The van der Waals surface area contributed by atoms with Gasteiger partial charge >= 0.3 is 0 Å². The highest BCUT2D eigenvalue weighted by atomic mass is 16.2. The summed E-state index contributed by atoms with van der Waals surface area (Å²) in [6, 6.07) is 8.87. The van der Waals surface area contributed by atoms with Crippen LogP contribution in [0.2, 0.25) is 0 Å². The minimum atomic E-state index is -0.637. The zero-order valence-electron chi connectivity index (χ0n) is 9.77. The van der Waals surface area contributed by atoms with Gasteiger partial charge in [0.05, 0.1) is 12.6 Å². The lowest BCUT2D eigenvalue weighted by Crippen LogP contribution is -2.45. The maximum Gasteiger partial charge on any atom is 0.239 e. The Morgan fingerprint density at radius 1 is 1.29 bits per heavy atom. The Hall–Kier alpha value is -1.88. The van der Waals surface area contributed by atoms with Crippen molar-refractivity contribution in [2.75, 3.05) is 13.6 Å². The van der Waals surface area contributed by atoms with Crippen LogP contribution in [0.15, 0.2) is 30.3 Å². The van der Waals surface area contributed by atoms with Crippen LogP contribution >= 0.6 is 0 Å². The molecule has 1 aromatic carbocycles. The van der Waals surface area contributed by atoms with Gasteiger partial charge in [-0.2, -0.15) is 0 Å². The predicted octanol–water partition coefficient (Wildman–Crippen LogP) is -0.581. The number of hydrogen-bond donors (Lipinski definition) is 3. The van der Waals surface area contributed by atoms with Gasteiger partial charge in [0.1, 0.15) is 0 Å². The van der Waals surface area contributed by atoms with E-state index in [-0.39, 0.29) is 18.4 Å². The zero-order valence-corrected chi connectivity index (χ0v) is 9.77. The van der Waals surface area contributed by atoms with Crippen LogP contribution in [-0.4, -0.2) is 31.4 Å². The van der Waals surface area contributed by atoms with Gasteiger partial charge in [-0.25, -0.2) is 0 Å². The van der Waals surface area contributed by atoms with Crippen molar-refractivity contribution >= 4 is 11.8 Å². The number of nitrogens with two attached hydrogens (primary N) is 1. The molecule has 0 spiro atoms. The summed E-state index contributed by atoms with van der Waals surface area (Å²) in [7, 11) is 1.51. The molecule has 0 unspecified atom stereocenters. The van der Waals surface area contributed by atoms with Gasteiger partial charge in [0, 0.05) is 7.05 Å². The summed E-state index contributed by atoms with van der Waals surface area (Å²) >= 11 is 0. The monoisotopic (exact) mass is 235 g/mol. The van der Waals surface area contributed by atoms with Crippen molar-refractivity contribution in [3.05, 3.63) is 35.9 Å². The molecular weight excluding hydrogens is 218 g/mol. The SMILES string of the molecule is CNC(=O)CNC(=O)[C@@H](N)Cc1ccccc1. The summed E-state index contributed by atoms with van der Waals surface area (Å²) in [5.74, 6) is -0.567. The molecule has 0 aliphatic carbocycles. The van der Waals surface area contributed by atoms with Crippen molar-refractivity contribution in [2.24, 2.45) is 5.73 Å². The molecule has 17 heavy (non-hydrogen) atoms. The van der Waals surface area contributed by atoms with Crippen LogP contribution in [0.3, 0.4) is 0 Å². The molecule has 1 rings (SSSR count). The van der Waals surface area contributed by atoms with Crippen molar-refractivity contribution in [1.29, 1.82) is 0 Å². The van der Waals surface area contributed by atoms with E-state index in [1.54, 1.807) is 0 Å². The summed E-state index contributed by atoms with van der Waals surface area (Å²) in [6.45, 7) is -0.0438. The second-order valence-electron chi connectivity index (χ2n) is 3.69. The fraction of sp³-hybridized carbons (Fsp3) is 0.333. The highest BCUT2D eigenvalue weighted by Gasteiger charge is 2.14. The Morgan fingerprint density at radius 3 is 2.53 bits per heavy atom. The molecule has 0 bridgehead atoms. The Morgan fingerprint density at radius 2 is 1.94 bits per heavy atom. The maximum absolute atomic E-state index is 11.6. The molecule has 1 aromatic rings. The Bertz CT molecular complexity index is 379. The second kappa shape index (κ2) is 6.65. The van der Waals surface area contributed by atoms with Crippen LogP contribution in [0, 0.1) is 0 Å². The molecule has 0 saturated carbocycles. The highest BCUT2D eigenvalue weighted by molar-refractivity contribution is 5.87. The van der Waals surface area contributed by atoms with Crippen molar-refractivity contribution in [2.45, 2.75) is 12.5 Å². The number of nitrogens with one attached hydrogen (secondary N) is 2. The third-order valence-corrected chi connectivity index (χ3v) is 2.34. The van der Waals surface area contributed by atoms with Crippen LogP contribution < -0.4 is 16.4 Å². The molecule has 4 N–H and O–H groups in total. The first kappa shape index (κ1) is 13.2. The smallest absolute Gasteiger partial charge is 0.239 e. The molecule has 0 heterocycles. The number of carbonyl (C=O) groups is 2. The zero-order chi connectivity index (χ0) is 12.7. The minimum absolute atomic E-state index is 0.0438. The molecule has 0 aliphatic heterocycles. The summed E-state index contributed by atoms with van der Waals surface area (Å²) < 4.78 is 0. The van der Waals surface area contributed by atoms with E-state index in [0.717, 1.165) is 5.56 Å². The lowest BCUT2D eigenvalue weighted by atomic mass is 10.1. The molecule has 5 heteroatoms. The summed E-state index contributed by atoms with van der Waals surface area (Å²) in [5.41, 5.74) is 6.73.